The number of carbonyl (C=O) groups is 1. The third-order valence-electron chi connectivity index (χ3n) is 5.15. The number of carbonyl (C=O) groups excluding carboxylic acids is 1. The fourth-order valence-corrected chi connectivity index (χ4v) is 3.88. The molecular weight excluding hydrogens is 328 g/mol. The maximum atomic E-state index is 13.2. The Kier molecular flexibility index (Phi) is 3.06. The van der Waals surface area contributed by atoms with E-state index < -0.39 is 5.63 Å². The van der Waals surface area contributed by atoms with Crippen LogP contribution in [0.5, 0.6) is 0 Å². The van der Waals surface area contributed by atoms with E-state index in [2.05, 4.69) is 0 Å². The first-order chi connectivity index (χ1) is 12.6. The van der Waals surface area contributed by atoms with Gasteiger partial charge in [0, 0.05) is 24.7 Å². The van der Waals surface area contributed by atoms with E-state index >= 15 is 0 Å². The summed E-state index contributed by atoms with van der Waals surface area (Å²) in [6.07, 6.45) is 0.844. The molecular formula is C21H16N2O3. The van der Waals surface area contributed by atoms with E-state index in [1.54, 1.807) is 21.6 Å². The molecule has 0 bridgehead atoms. The van der Waals surface area contributed by atoms with E-state index in [0.717, 1.165) is 23.0 Å². The zero-order valence-corrected chi connectivity index (χ0v) is 14.2. The van der Waals surface area contributed by atoms with Crippen LogP contribution in [-0.2, 0) is 13.5 Å². The van der Waals surface area contributed by atoms with E-state index in [-0.39, 0.29) is 5.91 Å². The predicted molar refractivity (Wildman–Crippen MR) is 101 cm³/mol. The molecule has 0 N–H and O–H groups in total. The number of fused-ring (bicyclic) bond motifs is 4. The van der Waals surface area contributed by atoms with Crippen LogP contribution in [0.4, 0.5) is 5.69 Å². The van der Waals surface area contributed by atoms with E-state index in [0.29, 0.717) is 23.2 Å². The van der Waals surface area contributed by atoms with Gasteiger partial charge in [-0.25, -0.2) is 4.79 Å². The van der Waals surface area contributed by atoms with Crippen molar-refractivity contribution in [1.82, 2.24) is 4.57 Å². The Balaban J connectivity index is 1.72. The van der Waals surface area contributed by atoms with Crippen molar-refractivity contribution >= 4 is 33.5 Å². The van der Waals surface area contributed by atoms with E-state index in [1.807, 2.05) is 49.5 Å². The SMILES string of the molecule is Cn1c(C(=O)N2CCc3ccccc32)cc2c(=O)oc3ccccc3c21. The first-order valence-corrected chi connectivity index (χ1v) is 8.56. The zero-order valence-electron chi connectivity index (χ0n) is 14.2. The number of benzene rings is 2. The molecule has 0 unspecified atom stereocenters. The van der Waals surface area contributed by atoms with Crippen molar-refractivity contribution in [2.24, 2.45) is 7.05 Å². The molecule has 0 radical (unpaired) electrons. The van der Waals surface area contributed by atoms with Crippen molar-refractivity contribution in [2.45, 2.75) is 6.42 Å². The van der Waals surface area contributed by atoms with Crippen LogP contribution in [0.15, 0.2) is 63.8 Å². The minimum absolute atomic E-state index is 0.0999. The van der Waals surface area contributed by atoms with Crippen LogP contribution < -0.4 is 10.5 Å². The van der Waals surface area contributed by atoms with Gasteiger partial charge in [-0.1, -0.05) is 30.3 Å². The van der Waals surface area contributed by atoms with Gasteiger partial charge in [0.1, 0.15) is 11.3 Å². The summed E-state index contributed by atoms with van der Waals surface area (Å²) in [4.78, 5) is 27.4. The smallest absolute Gasteiger partial charge is 0.345 e. The van der Waals surface area contributed by atoms with Gasteiger partial charge < -0.3 is 13.9 Å². The third-order valence-corrected chi connectivity index (χ3v) is 5.15. The summed E-state index contributed by atoms with van der Waals surface area (Å²) in [6.45, 7) is 0.648. The number of hydrogen-bond donors (Lipinski definition) is 0. The van der Waals surface area contributed by atoms with Crippen LogP contribution in [0.1, 0.15) is 16.1 Å². The fourth-order valence-electron chi connectivity index (χ4n) is 3.88. The van der Waals surface area contributed by atoms with Gasteiger partial charge in [-0.3, -0.25) is 4.79 Å². The summed E-state index contributed by atoms with van der Waals surface area (Å²) in [5.74, 6) is -0.0999. The molecule has 3 heterocycles. The predicted octanol–water partition coefficient (Wildman–Crippen LogP) is 3.49. The first kappa shape index (κ1) is 15.0. The summed E-state index contributed by atoms with van der Waals surface area (Å²) in [6, 6.07) is 17.0. The molecule has 5 rings (SSSR count). The maximum absolute atomic E-state index is 13.2. The quantitative estimate of drug-likeness (QED) is 0.497. The number of rotatable bonds is 1. The highest BCUT2D eigenvalue weighted by atomic mass is 16.4. The highest BCUT2D eigenvalue weighted by Gasteiger charge is 2.28. The van der Waals surface area contributed by atoms with E-state index in [1.165, 1.54) is 5.56 Å². The van der Waals surface area contributed by atoms with Gasteiger partial charge in [-0.15, -0.1) is 0 Å². The molecule has 2 aromatic heterocycles. The Morgan fingerprint density at radius 1 is 1.04 bits per heavy atom. The Labute approximate surface area is 149 Å². The lowest BCUT2D eigenvalue weighted by atomic mass is 10.2. The van der Waals surface area contributed by atoms with Crippen molar-refractivity contribution in [1.29, 1.82) is 0 Å². The van der Waals surface area contributed by atoms with Crippen LogP contribution in [0.3, 0.4) is 0 Å². The van der Waals surface area contributed by atoms with Crippen LogP contribution in [0, 0.1) is 0 Å². The van der Waals surface area contributed by atoms with Crippen molar-refractivity contribution in [3.8, 4) is 0 Å². The molecule has 0 spiro atoms. The molecule has 1 aliphatic rings. The van der Waals surface area contributed by atoms with E-state index in [9.17, 15) is 9.59 Å². The zero-order chi connectivity index (χ0) is 17.8. The number of para-hydroxylation sites is 2. The Morgan fingerprint density at radius 2 is 1.81 bits per heavy atom. The second-order valence-corrected chi connectivity index (χ2v) is 6.57. The average molecular weight is 344 g/mol. The maximum Gasteiger partial charge on any atom is 0.345 e. The molecule has 1 amide bonds. The van der Waals surface area contributed by atoms with Gasteiger partial charge in [-0.05, 0) is 36.2 Å². The normalized spacial score (nSPS) is 13.5. The minimum atomic E-state index is -0.421. The molecule has 5 heteroatoms. The largest absolute Gasteiger partial charge is 0.422 e. The van der Waals surface area contributed by atoms with Gasteiger partial charge in [0.05, 0.1) is 10.9 Å². The summed E-state index contributed by atoms with van der Waals surface area (Å²) in [5, 5.41) is 1.26. The average Bonchev–Trinajstić information content (AvgIpc) is 3.24. The molecule has 0 aliphatic carbocycles. The number of aromatic nitrogens is 1. The van der Waals surface area contributed by atoms with Crippen LogP contribution in [0.25, 0.3) is 21.9 Å². The van der Waals surface area contributed by atoms with Gasteiger partial charge in [-0.2, -0.15) is 0 Å². The second-order valence-electron chi connectivity index (χ2n) is 6.57. The van der Waals surface area contributed by atoms with Gasteiger partial charge >= 0.3 is 5.63 Å². The molecule has 0 fully saturated rings. The first-order valence-electron chi connectivity index (χ1n) is 8.56. The van der Waals surface area contributed by atoms with Crippen molar-refractivity contribution in [3.63, 3.8) is 0 Å². The van der Waals surface area contributed by atoms with Crippen molar-refractivity contribution < 1.29 is 9.21 Å². The number of hydrogen-bond acceptors (Lipinski definition) is 3. The lowest BCUT2D eigenvalue weighted by Crippen LogP contribution is -2.30. The summed E-state index contributed by atoms with van der Waals surface area (Å²) >= 11 is 0. The monoisotopic (exact) mass is 344 g/mol. The Hall–Kier alpha value is -3.34. The van der Waals surface area contributed by atoms with E-state index in [4.69, 9.17) is 4.42 Å². The topological polar surface area (TPSA) is 55.5 Å². The summed E-state index contributed by atoms with van der Waals surface area (Å²) in [7, 11) is 1.82. The fraction of sp³-hybridized carbons (Fsp3) is 0.143. The molecule has 0 saturated carbocycles. The highest BCUT2D eigenvalue weighted by molar-refractivity contribution is 6.12. The van der Waals surface area contributed by atoms with Gasteiger partial charge in [0.15, 0.2) is 0 Å². The standard InChI is InChI=1S/C21H16N2O3/c1-22-17(20(24)23-11-10-13-6-2-4-8-16(13)23)12-15-19(22)14-7-3-5-9-18(14)26-21(15)25/h2-9,12H,10-11H2,1H3. The molecule has 0 atom stereocenters. The lowest BCUT2D eigenvalue weighted by molar-refractivity contribution is 0.0982. The Bertz CT molecular complexity index is 1250. The van der Waals surface area contributed by atoms with Crippen LogP contribution >= 0.6 is 0 Å². The molecule has 4 aromatic rings. The number of amides is 1. The minimum Gasteiger partial charge on any atom is -0.422 e. The highest BCUT2D eigenvalue weighted by Crippen LogP contribution is 2.31. The van der Waals surface area contributed by atoms with Gasteiger partial charge in [0.25, 0.3) is 5.91 Å². The second kappa shape index (κ2) is 5.33. The summed E-state index contributed by atoms with van der Waals surface area (Å²) < 4.78 is 7.21. The number of aryl methyl sites for hydroxylation is 1. The van der Waals surface area contributed by atoms with Crippen molar-refractivity contribution in [3.05, 3.63) is 76.3 Å². The van der Waals surface area contributed by atoms with Crippen LogP contribution in [-0.4, -0.2) is 17.0 Å². The third kappa shape index (κ3) is 1.97. The molecule has 5 nitrogen and oxygen atoms in total. The number of nitrogens with zero attached hydrogens (tertiary/aromatic N) is 2. The molecule has 2 aromatic carbocycles. The molecule has 26 heavy (non-hydrogen) atoms. The molecule has 1 aliphatic heterocycles. The van der Waals surface area contributed by atoms with Crippen molar-refractivity contribution in [2.75, 3.05) is 11.4 Å². The lowest BCUT2D eigenvalue weighted by Gasteiger charge is -2.17. The summed E-state index contributed by atoms with van der Waals surface area (Å²) in [5.41, 5.74) is 3.43. The Morgan fingerprint density at radius 3 is 2.69 bits per heavy atom. The van der Waals surface area contributed by atoms with Gasteiger partial charge in [0.2, 0.25) is 0 Å². The molecule has 128 valence electrons. The molecule has 0 saturated heterocycles. The number of anilines is 1. The van der Waals surface area contributed by atoms with Crippen LogP contribution in [0.2, 0.25) is 0 Å².